The number of nitrogens with one attached hydrogen (secondary N) is 1. The molecule has 1 atom stereocenters. The number of rotatable bonds is 1. The molecule has 1 saturated heterocycles. The van der Waals surface area contributed by atoms with Crippen LogP contribution in [0.4, 0.5) is 0 Å². The average Bonchev–Trinajstić information content (AvgIpc) is 2.39. The number of halogens is 2. The molecule has 1 nitrogen and oxygen atoms in total. The molecular formula is C16H21Cl2N. The van der Waals surface area contributed by atoms with Crippen molar-refractivity contribution in [2.45, 2.75) is 44.4 Å². The van der Waals surface area contributed by atoms with E-state index in [0.29, 0.717) is 11.3 Å². The third-order valence-electron chi connectivity index (χ3n) is 5.04. The van der Waals surface area contributed by atoms with Gasteiger partial charge in [0.25, 0.3) is 0 Å². The van der Waals surface area contributed by atoms with Gasteiger partial charge in [-0.1, -0.05) is 36.0 Å². The van der Waals surface area contributed by atoms with Crippen LogP contribution in [0, 0.1) is 5.41 Å². The molecule has 1 saturated carbocycles. The first kappa shape index (κ1) is 13.7. The van der Waals surface area contributed by atoms with Crippen molar-refractivity contribution in [1.82, 2.24) is 5.32 Å². The fraction of sp³-hybridized carbons (Fsp3) is 0.625. The highest BCUT2D eigenvalue weighted by Gasteiger charge is 2.41. The summed E-state index contributed by atoms with van der Waals surface area (Å²) in [7, 11) is 0. The highest BCUT2D eigenvalue weighted by Crippen LogP contribution is 2.53. The van der Waals surface area contributed by atoms with Gasteiger partial charge in [0, 0.05) is 10.0 Å². The summed E-state index contributed by atoms with van der Waals surface area (Å²) in [6, 6.07) is 6.10. The fourth-order valence-electron chi connectivity index (χ4n) is 4.13. The first-order valence-corrected chi connectivity index (χ1v) is 8.12. The zero-order chi connectivity index (χ0) is 13.3. The van der Waals surface area contributed by atoms with E-state index in [2.05, 4.69) is 17.4 Å². The van der Waals surface area contributed by atoms with Crippen molar-refractivity contribution in [3.8, 4) is 0 Å². The largest absolute Gasteiger partial charge is 0.317 e. The van der Waals surface area contributed by atoms with Gasteiger partial charge in [0.2, 0.25) is 0 Å². The van der Waals surface area contributed by atoms with Crippen LogP contribution in [0.1, 0.15) is 50.0 Å². The summed E-state index contributed by atoms with van der Waals surface area (Å²) in [5, 5.41) is 5.05. The van der Waals surface area contributed by atoms with Gasteiger partial charge < -0.3 is 5.32 Å². The van der Waals surface area contributed by atoms with E-state index in [1.54, 1.807) is 0 Å². The van der Waals surface area contributed by atoms with E-state index in [1.807, 2.05) is 6.07 Å². The van der Waals surface area contributed by atoms with E-state index in [-0.39, 0.29) is 0 Å². The maximum absolute atomic E-state index is 6.20. The topological polar surface area (TPSA) is 12.0 Å². The van der Waals surface area contributed by atoms with Gasteiger partial charge in [0.1, 0.15) is 0 Å². The summed E-state index contributed by atoms with van der Waals surface area (Å²) >= 11 is 12.4. The zero-order valence-corrected chi connectivity index (χ0v) is 12.7. The molecule has 1 N–H and O–H groups in total. The van der Waals surface area contributed by atoms with Crippen molar-refractivity contribution in [3.05, 3.63) is 33.8 Å². The third kappa shape index (κ3) is 2.79. The second-order valence-corrected chi connectivity index (χ2v) is 6.99. The van der Waals surface area contributed by atoms with Crippen LogP contribution in [0.15, 0.2) is 18.2 Å². The Kier molecular flexibility index (Phi) is 4.07. The molecule has 1 spiro atoms. The van der Waals surface area contributed by atoms with Gasteiger partial charge in [-0.15, -0.1) is 0 Å². The number of piperidine rings is 1. The fourth-order valence-corrected chi connectivity index (χ4v) is 4.67. The molecule has 104 valence electrons. The SMILES string of the molecule is Clc1cc(Cl)cc(C2CCCCC23CCNCC3)c1. The van der Waals surface area contributed by atoms with Gasteiger partial charge in [-0.2, -0.15) is 0 Å². The van der Waals surface area contributed by atoms with E-state index >= 15 is 0 Å². The molecule has 0 aromatic heterocycles. The van der Waals surface area contributed by atoms with Gasteiger partial charge in [0.15, 0.2) is 0 Å². The number of benzene rings is 1. The van der Waals surface area contributed by atoms with Crippen LogP contribution in [-0.4, -0.2) is 13.1 Å². The maximum atomic E-state index is 6.20. The Hall–Kier alpha value is -0.240. The van der Waals surface area contributed by atoms with E-state index < -0.39 is 0 Å². The average molecular weight is 298 g/mol. The Morgan fingerprint density at radius 3 is 2.32 bits per heavy atom. The normalized spacial score (nSPS) is 26.5. The summed E-state index contributed by atoms with van der Waals surface area (Å²) in [6.07, 6.45) is 7.96. The summed E-state index contributed by atoms with van der Waals surface area (Å²) in [6.45, 7) is 2.32. The molecule has 3 rings (SSSR count). The quantitative estimate of drug-likeness (QED) is 0.767. The summed E-state index contributed by atoms with van der Waals surface area (Å²) in [4.78, 5) is 0. The van der Waals surface area contributed by atoms with Crippen molar-refractivity contribution >= 4 is 23.2 Å². The Morgan fingerprint density at radius 2 is 1.63 bits per heavy atom. The molecule has 1 aliphatic carbocycles. The highest BCUT2D eigenvalue weighted by molar-refractivity contribution is 6.34. The minimum Gasteiger partial charge on any atom is -0.317 e. The lowest BCUT2D eigenvalue weighted by Gasteiger charge is -2.47. The lowest BCUT2D eigenvalue weighted by molar-refractivity contribution is 0.102. The van der Waals surface area contributed by atoms with E-state index in [1.165, 1.54) is 44.1 Å². The molecule has 1 unspecified atom stereocenters. The molecular weight excluding hydrogens is 277 g/mol. The minimum absolute atomic E-state index is 0.484. The summed E-state index contributed by atoms with van der Waals surface area (Å²) in [5.41, 5.74) is 1.84. The van der Waals surface area contributed by atoms with Crippen molar-refractivity contribution < 1.29 is 0 Å². The van der Waals surface area contributed by atoms with Gasteiger partial charge in [-0.3, -0.25) is 0 Å². The molecule has 19 heavy (non-hydrogen) atoms. The predicted molar refractivity (Wildman–Crippen MR) is 82.2 cm³/mol. The zero-order valence-electron chi connectivity index (χ0n) is 11.2. The molecule has 2 aliphatic rings. The molecule has 0 bridgehead atoms. The van der Waals surface area contributed by atoms with Crippen LogP contribution in [0.5, 0.6) is 0 Å². The van der Waals surface area contributed by atoms with Crippen LogP contribution >= 0.6 is 23.2 Å². The van der Waals surface area contributed by atoms with E-state index in [0.717, 1.165) is 23.1 Å². The summed E-state index contributed by atoms with van der Waals surface area (Å²) in [5.74, 6) is 0.638. The third-order valence-corrected chi connectivity index (χ3v) is 5.48. The van der Waals surface area contributed by atoms with Crippen molar-refractivity contribution in [1.29, 1.82) is 0 Å². The van der Waals surface area contributed by atoms with Gasteiger partial charge in [-0.25, -0.2) is 0 Å². The van der Waals surface area contributed by atoms with Crippen molar-refractivity contribution in [3.63, 3.8) is 0 Å². The molecule has 1 heterocycles. The van der Waals surface area contributed by atoms with Crippen molar-refractivity contribution in [2.75, 3.05) is 13.1 Å². The lowest BCUT2D eigenvalue weighted by atomic mass is 9.59. The second-order valence-electron chi connectivity index (χ2n) is 6.11. The number of hydrogen-bond acceptors (Lipinski definition) is 1. The van der Waals surface area contributed by atoms with Gasteiger partial charge in [-0.05, 0) is 73.9 Å². The maximum Gasteiger partial charge on any atom is 0.0423 e. The Labute approximate surface area is 125 Å². The smallest absolute Gasteiger partial charge is 0.0423 e. The molecule has 1 aromatic carbocycles. The Balaban J connectivity index is 1.95. The highest BCUT2D eigenvalue weighted by atomic mass is 35.5. The van der Waals surface area contributed by atoms with Crippen LogP contribution in [0.25, 0.3) is 0 Å². The summed E-state index contributed by atoms with van der Waals surface area (Å²) < 4.78 is 0. The molecule has 3 heteroatoms. The van der Waals surface area contributed by atoms with E-state index in [9.17, 15) is 0 Å². The minimum atomic E-state index is 0.484. The lowest BCUT2D eigenvalue weighted by Crippen LogP contribution is -2.42. The first-order chi connectivity index (χ1) is 9.20. The van der Waals surface area contributed by atoms with Crippen LogP contribution in [0.2, 0.25) is 10.0 Å². The van der Waals surface area contributed by atoms with Crippen LogP contribution in [0.3, 0.4) is 0 Å². The predicted octanol–water partition coefficient (Wildman–Crippen LogP) is 5.02. The van der Waals surface area contributed by atoms with Gasteiger partial charge in [0.05, 0.1) is 0 Å². The monoisotopic (exact) mass is 297 g/mol. The van der Waals surface area contributed by atoms with E-state index in [4.69, 9.17) is 23.2 Å². The first-order valence-electron chi connectivity index (χ1n) is 7.36. The number of hydrogen-bond donors (Lipinski definition) is 1. The van der Waals surface area contributed by atoms with Gasteiger partial charge >= 0.3 is 0 Å². The van der Waals surface area contributed by atoms with Crippen molar-refractivity contribution in [2.24, 2.45) is 5.41 Å². The second kappa shape index (κ2) is 5.63. The molecule has 0 radical (unpaired) electrons. The molecule has 0 amide bonds. The molecule has 2 fully saturated rings. The molecule has 1 aliphatic heterocycles. The Morgan fingerprint density at radius 1 is 0.947 bits per heavy atom. The standard InChI is InChI=1S/C16H21Cl2N/c17-13-9-12(10-14(18)11-13)15-3-1-2-4-16(15)5-7-19-8-6-16/h9-11,15,19H,1-8H2. The van der Waals surface area contributed by atoms with Crippen LogP contribution in [-0.2, 0) is 0 Å². The Bertz CT molecular complexity index is 424. The molecule has 1 aromatic rings. The van der Waals surface area contributed by atoms with Crippen LogP contribution < -0.4 is 5.32 Å².